The molecule has 8 nitrogen and oxygen atoms in total. The Balaban J connectivity index is 1.86. The highest BCUT2D eigenvalue weighted by molar-refractivity contribution is 6.13. The number of carbonyl (C=O) groups is 1. The highest BCUT2D eigenvalue weighted by Crippen LogP contribution is 2.55. The fraction of sp³-hybridized carbons (Fsp3) is 0.0952. The molecule has 0 saturated heterocycles. The maximum Gasteiger partial charge on any atom is 0.245 e. The molecule has 2 aliphatic heterocycles. The Bertz CT molecular complexity index is 1290. The minimum atomic E-state index is -1.70. The second-order valence-electron chi connectivity index (χ2n) is 6.85. The third-order valence-electron chi connectivity index (χ3n) is 5.40. The number of H-pyrrole nitrogens is 1. The molecule has 3 aromatic rings. The van der Waals surface area contributed by atoms with Gasteiger partial charge in [-0.15, -0.1) is 5.10 Å². The molecule has 1 spiro atoms. The summed E-state index contributed by atoms with van der Waals surface area (Å²) in [5.41, 5.74) is 6.22. The number of hydrogen-bond donors (Lipinski definition) is 3. The first-order valence-electron chi connectivity index (χ1n) is 8.93. The molecule has 0 saturated carbocycles. The smallest absolute Gasteiger partial charge is 0.245 e. The van der Waals surface area contributed by atoms with E-state index >= 15 is 0 Å². The lowest BCUT2D eigenvalue weighted by Crippen LogP contribution is -2.42. The van der Waals surface area contributed by atoms with Crippen molar-refractivity contribution in [1.82, 2.24) is 10.2 Å². The van der Waals surface area contributed by atoms with Gasteiger partial charge in [-0.1, -0.05) is 0 Å². The molecule has 1 amide bonds. The van der Waals surface area contributed by atoms with Gasteiger partial charge in [0.1, 0.15) is 28.6 Å². The van der Waals surface area contributed by atoms with Gasteiger partial charge in [-0.05, 0) is 42.5 Å². The second kappa shape index (κ2) is 6.09. The Morgan fingerprint density at radius 1 is 1.27 bits per heavy atom. The maximum absolute atomic E-state index is 14.2. The van der Waals surface area contributed by atoms with Gasteiger partial charge < -0.3 is 20.5 Å². The average molecular weight is 403 g/mol. The number of hydrogen-bond acceptors (Lipinski definition) is 6. The number of aromatic nitrogens is 2. The first-order valence-corrected chi connectivity index (χ1v) is 8.93. The van der Waals surface area contributed by atoms with Crippen LogP contribution in [-0.4, -0.2) is 23.2 Å². The number of nitrogens with zero attached hydrogens (tertiary/aromatic N) is 2. The van der Waals surface area contributed by atoms with Gasteiger partial charge in [-0.25, -0.2) is 4.39 Å². The number of halogens is 1. The zero-order valence-electron chi connectivity index (χ0n) is 15.6. The lowest BCUT2D eigenvalue weighted by atomic mass is 9.68. The van der Waals surface area contributed by atoms with Crippen LogP contribution in [0.5, 0.6) is 11.6 Å². The fourth-order valence-electron chi connectivity index (χ4n) is 4.09. The number of nitrogens with one attached hydrogen (secondary N) is 2. The number of carbonyl (C=O) groups excluding carboxylic acids is 1. The van der Waals surface area contributed by atoms with Gasteiger partial charge in [-0.2, -0.15) is 5.26 Å². The van der Waals surface area contributed by atoms with Crippen LogP contribution in [0.2, 0.25) is 0 Å². The Kier molecular flexibility index (Phi) is 3.60. The summed E-state index contributed by atoms with van der Waals surface area (Å²) in [7, 11) is 1.55. The van der Waals surface area contributed by atoms with Crippen molar-refractivity contribution < 1.29 is 18.7 Å². The number of nitrogens with two attached hydrogens (primary N) is 1. The van der Waals surface area contributed by atoms with Gasteiger partial charge >= 0.3 is 0 Å². The molecular formula is C21H14FN5O3. The Hall–Kier alpha value is -4.32. The molecule has 9 heteroatoms. The number of amides is 1. The number of anilines is 1. The zero-order chi connectivity index (χ0) is 21.0. The lowest BCUT2D eigenvalue weighted by molar-refractivity contribution is -0.118. The highest BCUT2D eigenvalue weighted by atomic mass is 19.1. The normalized spacial score (nSPS) is 19.0. The summed E-state index contributed by atoms with van der Waals surface area (Å²) in [6, 6.07) is 12.9. The molecule has 0 unspecified atom stereocenters. The van der Waals surface area contributed by atoms with Crippen molar-refractivity contribution >= 4 is 11.6 Å². The predicted octanol–water partition coefficient (Wildman–Crippen LogP) is 2.55. The van der Waals surface area contributed by atoms with Gasteiger partial charge in [0.15, 0.2) is 0 Å². The predicted molar refractivity (Wildman–Crippen MR) is 104 cm³/mol. The van der Waals surface area contributed by atoms with Gasteiger partial charge in [-0.3, -0.25) is 9.89 Å². The van der Waals surface area contributed by atoms with Crippen molar-refractivity contribution in [3.8, 4) is 29.0 Å². The monoisotopic (exact) mass is 403 g/mol. The topological polar surface area (TPSA) is 126 Å². The summed E-state index contributed by atoms with van der Waals surface area (Å²) in [6.07, 6.45) is 0. The SMILES string of the molecule is COc1ccc(-c2[nH]nc3c2[C@]2(C(=O)Nc4ccc(F)cc42)C(C#N)=C(N)O3)cc1. The minimum Gasteiger partial charge on any atom is -0.497 e. The molecule has 3 heterocycles. The molecule has 0 radical (unpaired) electrons. The average Bonchev–Trinajstić information content (AvgIpc) is 3.28. The molecule has 2 aromatic carbocycles. The van der Waals surface area contributed by atoms with Crippen LogP contribution in [-0.2, 0) is 10.2 Å². The van der Waals surface area contributed by atoms with E-state index in [2.05, 4.69) is 15.5 Å². The highest BCUT2D eigenvalue weighted by Gasteiger charge is 2.58. The van der Waals surface area contributed by atoms with Gasteiger partial charge in [0.2, 0.25) is 17.7 Å². The van der Waals surface area contributed by atoms with Crippen molar-refractivity contribution in [2.45, 2.75) is 5.41 Å². The van der Waals surface area contributed by atoms with Gasteiger partial charge in [0.05, 0.1) is 18.4 Å². The molecule has 0 bridgehead atoms. The molecule has 0 aliphatic carbocycles. The standard InChI is InChI=1S/C21H14FN5O3/c1-29-12-5-2-10(3-6-12)17-16-19(27-26-17)30-18(24)14(9-23)21(16)13-8-11(22)4-7-15(13)25-20(21)28/h2-8H,24H2,1H3,(H,25,28)(H,26,27)/t21-/m1/s1. The van der Waals surface area contributed by atoms with Gasteiger partial charge in [0.25, 0.3) is 0 Å². The fourth-order valence-corrected chi connectivity index (χ4v) is 4.09. The number of aromatic amines is 1. The van der Waals surface area contributed by atoms with Crippen LogP contribution >= 0.6 is 0 Å². The van der Waals surface area contributed by atoms with Crippen LogP contribution in [0.25, 0.3) is 11.3 Å². The van der Waals surface area contributed by atoms with Crippen molar-refractivity contribution in [2.24, 2.45) is 5.73 Å². The molecule has 1 atom stereocenters. The molecule has 4 N–H and O–H groups in total. The first kappa shape index (κ1) is 17.8. The van der Waals surface area contributed by atoms with E-state index in [1.165, 1.54) is 18.2 Å². The quantitative estimate of drug-likeness (QED) is 0.604. The molecule has 1 aromatic heterocycles. The van der Waals surface area contributed by atoms with Crippen molar-refractivity contribution in [3.63, 3.8) is 0 Å². The summed E-state index contributed by atoms with van der Waals surface area (Å²) in [4.78, 5) is 13.4. The van der Waals surface area contributed by atoms with Crippen LogP contribution in [0.15, 0.2) is 53.9 Å². The van der Waals surface area contributed by atoms with E-state index < -0.39 is 17.1 Å². The number of methoxy groups -OCH3 is 1. The van der Waals surface area contributed by atoms with Crippen molar-refractivity contribution in [2.75, 3.05) is 12.4 Å². The third-order valence-corrected chi connectivity index (χ3v) is 5.40. The summed E-state index contributed by atoms with van der Waals surface area (Å²) >= 11 is 0. The van der Waals surface area contributed by atoms with E-state index in [9.17, 15) is 14.4 Å². The molecular weight excluding hydrogens is 389 g/mol. The first-order chi connectivity index (χ1) is 14.5. The molecule has 148 valence electrons. The Morgan fingerprint density at radius 3 is 2.73 bits per heavy atom. The van der Waals surface area contributed by atoms with Gasteiger partial charge in [0, 0.05) is 16.8 Å². The number of nitriles is 1. The number of ether oxygens (including phenoxy) is 2. The molecule has 0 fully saturated rings. The number of fused-ring (bicyclic) bond motifs is 4. The van der Waals surface area contributed by atoms with Crippen LogP contribution in [0, 0.1) is 17.1 Å². The van der Waals surface area contributed by atoms with E-state index in [0.29, 0.717) is 28.3 Å². The summed E-state index contributed by atoms with van der Waals surface area (Å²) in [5.74, 6) is -0.660. The second-order valence-corrected chi connectivity index (χ2v) is 6.85. The van der Waals surface area contributed by atoms with Crippen LogP contribution < -0.4 is 20.5 Å². The van der Waals surface area contributed by atoms with Crippen LogP contribution in [0.3, 0.4) is 0 Å². The molecule has 30 heavy (non-hydrogen) atoms. The minimum absolute atomic E-state index is 0.0459. The summed E-state index contributed by atoms with van der Waals surface area (Å²) in [6.45, 7) is 0. The lowest BCUT2D eigenvalue weighted by Gasteiger charge is -2.31. The number of benzene rings is 2. The van der Waals surface area contributed by atoms with Crippen LogP contribution in [0.4, 0.5) is 10.1 Å². The molecule has 5 rings (SSSR count). The van der Waals surface area contributed by atoms with E-state index in [0.717, 1.165) is 0 Å². The van der Waals surface area contributed by atoms with E-state index in [-0.39, 0.29) is 22.9 Å². The summed E-state index contributed by atoms with van der Waals surface area (Å²) in [5, 5.41) is 19.7. The van der Waals surface area contributed by atoms with E-state index in [1.54, 1.807) is 31.4 Å². The van der Waals surface area contributed by atoms with E-state index in [1.807, 2.05) is 6.07 Å². The Labute approximate surface area is 169 Å². The van der Waals surface area contributed by atoms with Crippen molar-refractivity contribution in [3.05, 3.63) is 70.9 Å². The zero-order valence-corrected chi connectivity index (χ0v) is 15.6. The van der Waals surface area contributed by atoms with Crippen LogP contribution in [0.1, 0.15) is 11.1 Å². The molecule has 2 aliphatic rings. The summed E-state index contributed by atoms with van der Waals surface area (Å²) < 4.78 is 25.0. The maximum atomic E-state index is 14.2. The largest absolute Gasteiger partial charge is 0.497 e. The Morgan fingerprint density at radius 2 is 2.03 bits per heavy atom. The third kappa shape index (κ3) is 2.13. The number of rotatable bonds is 2. The van der Waals surface area contributed by atoms with E-state index in [4.69, 9.17) is 15.2 Å². The van der Waals surface area contributed by atoms with Crippen molar-refractivity contribution in [1.29, 1.82) is 5.26 Å².